The molecule has 0 fully saturated rings. The zero-order valence-corrected chi connectivity index (χ0v) is 14.0. The normalized spacial score (nSPS) is 10.3. The topological polar surface area (TPSA) is 91.4 Å². The average Bonchev–Trinajstić information content (AvgIpc) is 2.88. The summed E-state index contributed by atoms with van der Waals surface area (Å²) in [6.07, 6.45) is 1.74. The number of allylic oxidation sites excluding steroid dienone is 1. The van der Waals surface area contributed by atoms with Crippen LogP contribution in [0.15, 0.2) is 43.0 Å². The van der Waals surface area contributed by atoms with Crippen LogP contribution >= 0.6 is 0 Å². The van der Waals surface area contributed by atoms with Crippen molar-refractivity contribution in [1.29, 1.82) is 0 Å². The van der Waals surface area contributed by atoms with Gasteiger partial charge in [-0.2, -0.15) is 0 Å². The number of carbonyl (C=O) groups is 2. The molecule has 1 heterocycles. The number of hydrogen-bond donors (Lipinski definition) is 0. The van der Waals surface area contributed by atoms with Crippen LogP contribution in [0.4, 0.5) is 5.69 Å². The molecule has 0 spiro atoms. The molecule has 0 saturated heterocycles. The molecular weight excluding hydrogens is 324 g/mol. The Morgan fingerprint density at radius 3 is 2.48 bits per heavy atom. The summed E-state index contributed by atoms with van der Waals surface area (Å²) < 4.78 is 6.96. The third-order valence-corrected chi connectivity index (χ3v) is 3.83. The maximum Gasteiger partial charge on any atom is 0.338 e. The van der Waals surface area contributed by atoms with E-state index in [1.165, 1.54) is 24.3 Å². The van der Waals surface area contributed by atoms with Gasteiger partial charge >= 0.3 is 5.97 Å². The second kappa shape index (κ2) is 7.57. The number of rotatable bonds is 7. The molecule has 0 aliphatic rings. The lowest BCUT2D eigenvalue weighted by atomic mass is 10.1. The summed E-state index contributed by atoms with van der Waals surface area (Å²) in [4.78, 5) is 34.3. The van der Waals surface area contributed by atoms with Crippen molar-refractivity contribution in [3.8, 4) is 0 Å². The molecule has 7 heteroatoms. The van der Waals surface area contributed by atoms with Crippen molar-refractivity contribution in [2.75, 3.05) is 6.61 Å². The van der Waals surface area contributed by atoms with Gasteiger partial charge in [-0.3, -0.25) is 14.9 Å². The molecule has 0 saturated carbocycles. The van der Waals surface area contributed by atoms with Crippen LogP contribution in [-0.2, 0) is 11.3 Å². The van der Waals surface area contributed by atoms with Gasteiger partial charge in [0.05, 0.1) is 10.5 Å². The lowest BCUT2D eigenvalue weighted by Crippen LogP contribution is -2.15. The van der Waals surface area contributed by atoms with E-state index in [0.29, 0.717) is 12.1 Å². The van der Waals surface area contributed by atoms with E-state index in [-0.39, 0.29) is 17.0 Å². The van der Waals surface area contributed by atoms with Gasteiger partial charge in [0, 0.05) is 35.6 Å². The molecule has 7 nitrogen and oxygen atoms in total. The number of nitro groups is 1. The molecule has 0 aliphatic heterocycles. The fourth-order valence-corrected chi connectivity index (χ4v) is 2.50. The highest BCUT2D eigenvalue weighted by Gasteiger charge is 2.18. The fourth-order valence-electron chi connectivity index (χ4n) is 2.50. The molecule has 0 aliphatic carbocycles. The number of carbonyl (C=O) groups excluding carboxylic acids is 2. The number of non-ortho nitro benzene ring substituents is 1. The lowest BCUT2D eigenvalue weighted by molar-refractivity contribution is -0.384. The average molecular weight is 342 g/mol. The van der Waals surface area contributed by atoms with Gasteiger partial charge in [0.1, 0.15) is 0 Å². The number of esters is 1. The predicted octanol–water partition coefficient (Wildman–Crippen LogP) is 3.24. The molecule has 0 radical (unpaired) electrons. The lowest BCUT2D eigenvalue weighted by Gasteiger charge is -2.07. The summed E-state index contributed by atoms with van der Waals surface area (Å²) in [5, 5.41) is 10.6. The highest BCUT2D eigenvalue weighted by molar-refractivity contribution is 6.00. The third-order valence-electron chi connectivity index (χ3n) is 3.83. The number of nitro benzene ring substituents is 1. The Balaban J connectivity index is 2.04. The first-order valence-corrected chi connectivity index (χ1v) is 7.57. The molecule has 1 aromatic heterocycles. The van der Waals surface area contributed by atoms with Crippen LogP contribution in [0.3, 0.4) is 0 Å². The summed E-state index contributed by atoms with van der Waals surface area (Å²) >= 11 is 0. The van der Waals surface area contributed by atoms with Crippen molar-refractivity contribution in [2.24, 2.45) is 0 Å². The maximum absolute atomic E-state index is 12.3. The third kappa shape index (κ3) is 4.00. The van der Waals surface area contributed by atoms with E-state index >= 15 is 0 Å². The monoisotopic (exact) mass is 342 g/mol. The van der Waals surface area contributed by atoms with Crippen molar-refractivity contribution < 1.29 is 19.2 Å². The Kier molecular flexibility index (Phi) is 5.49. The van der Waals surface area contributed by atoms with E-state index < -0.39 is 17.5 Å². The second-order valence-electron chi connectivity index (χ2n) is 5.49. The molecule has 0 atom stereocenters. The zero-order chi connectivity index (χ0) is 18.6. The van der Waals surface area contributed by atoms with Gasteiger partial charge in [0.15, 0.2) is 6.61 Å². The number of nitrogens with zero attached hydrogens (tertiary/aromatic N) is 2. The minimum Gasteiger partial charge on any atom is -0.454 e. The first-order valence-electron chi connectivity index (χ1n) is 7.57. The summed E-state index contributed by atoms with van der Waals surface area (Å²) in [6, 6.07) is 6.76. The first kappa shape index (κ1) is 18.1. The largest absolute Gasteiger partial charge is 0.454 e. The number of aryl methyl sites for hydroxylation is 1. The van der Waals surface area contributed by atoms with E-state index in [2.05, 4.69) is 6.58 Å². The van der Waals surface area contributed by atoms with Gasteiger partial charge in [-0.25, -0.2) is 4.79 Å². The summed E-state index contributed by atoms with van der Waals surface area (Å²) in [5.41, 5.74) is 2.23. The number of benzene rings is 1. The van der Waals surface area contributed by atoms with Crippen LogP contribution in [0, 0.1) is 24.0 Å². The van der Waals surface area contributed by atoms with Gasteiger partial charge in [-0.1, -0.05) is 6.08 Å². The van der Waals surface area contributed by atoms with Gasteiger partial charge in [-0.15, -0.1) is 6.58 Å². The molecule has 1 aromatic carbocycles. The molecule has 0 N–H and O–H groups in total. The molecule has 0 bridgehead atoms. The van der Waals surface area contributed by atoms with Gasteiger partial charge < -0.3 is 9.30 Å². The van der Waals surface area contributed by atoms with Crippen LogP contribution in [0.1, 0.15) is 32.1 Å². The van der Waals surface area contributed by atoms with Crippen molar-refractivity contribution in [1.82, 2.24) is 4.57 Å². The van der Waals surface area contributed by atoms with Gasteiger partial charge in [0.2, 0.25) is 5.78 Å². The maximum atomic E-state index is 12.3. The number of ether oxygens (including phenoxy) is 1. The molecule has 2 rings (SSSR count). The molecule has 25 heavy (non-hydrogen) atoms. The van der Waals surface area contributed by atoms with Crippen molar-refractivity contribution >= 4 is 17.4 Å². The van der Waals surface area contributed by atoms with E-state index in [1.807, 2.05) is 18.4 Å². The predicted molar refractivity (Wildman–Crippen MR) is 91.8 cm³/mol. The quantitative estimate of drug-likeness (QED) is 0.253. The Labute approximate surface area is 144 Å². The van der Waals surface area contributed by atoms with Gasteiger partial charge in [-0.05, 0) is 32.0 Å². The first-order chi connectivity index (χ1) is 11.8. The Morgan fingerprint density at radius 1 is 1.28 bits per heavy atom. The van der Waals surface area contributed by atoms with Gasteiger partial charge in [0.25, 0.3) is 5.69 Å². The second-order valence-corrected chi connectivity index (χ2v) is 5.49. The minimum atomic E-state index is -0.705. The fraction of sp³-hybridized carbons (Fsp3) is 0.222. The molecule has 0 amide bonds. The minimum absolute atomic E-state index is 0.123. The zero-order valence-electron chi connectivity index (χ0n) is 14.0. The van der Waals surface area contributed by atoms with Crippen LogP contribution in [-0.4, -0.2) is 27.8 Å². The van der Waals surface area contributed by atoms with E-state index in [1.54, 1.807) is 12.1 Å². The molecular formula is C18H18N2O5. The van der Waals surface area contributed by atoms with Crippen molar-refractivity contribution in [3.05, 3.63) is 75.6 Å². The standard InChI is InChI=1S/C18H18N2O5/c1-4-9-19-12(2)10-16(13(19)3)17(21)11-25-18(22)14-5-7-15(8-6-14)20(23)24/h4-8,10H,1,9,11H2,2-3H3. The van der Waals surface area contributed by atoms with Crippen LogP contribution in [0.25, 0.3) is 0 Å². The summed E-state index contributed by atoms with van der Waals surface area (Å²) in [7, 11) is 0. The number of aromatic nitrogens is 1. The van der Waals surface area contributed by atoms with E-state index in [0.717, 1.165) is 11.4 Å². The Hall–Kier alpha value is -3.22. The molecule has 2 aromatic rings. The van der Waals surface area contributed by atoms with Crippen molar-refractivity contribution in [3.63, 3.8) is 0 Å². The number of Topliss-reactive ketones (excluding diaryl/α,β-unsaturated/α-hetero) is 1. The number of ketones is 1. The van der Waals surface area contributed by atoms with Crippen LogP contribution in [0.5, 0.6) is 0 Å². The van der Waals surface area contributed by atoms with Crippen LogP contribution in [0.2, 0.25) is 0 Å². The van der Waals surface area contributed by atoms with E-state index in [4.69, 9.17) is 4.74 Å². The Morgan fingerprint density at radius 2 is 1.92 bits per heavy atom. The summed E-state index contributed by atoms with van der Waals surface area (Å²) in [5.74, 6) is -1.01. The highest BCUT2D eigenvalue weighted by Crippen LogP contribution is 2.17. The van der Waals surface area contributed by atoms with Crippen molar-refractivity contribution in [2.45, 2.75) is 20.4 Å². The summed E-state index contributed by atoms with van der Waals surface area (Å²) in [6.45, 7) is 7.59. The van der Waals surface area contributed by atoms with Crippen LogP contribution < -0.4 is 0 Å². The SMILES string of the molecule is C=CCn1c(C)cc(C(=O)COC(=O)c2ccc([N+](=O)[O-])cc2)c1C. The highest BCUT2D eigenvalue weighted by atomic mass is 16.6. The number of hydrogen-bond acceptors (Lipinski definition) is 5. The molecule has 130 valence electrons. The Bertz CT molecular complexity index is 834. The smallest absolute Gasteiger partial charge is 0.338 e. The van der Waals surface area contributed by atoms with E-state index in [9.17, 15) is 19.7 Å². The molecule has 0 unspecified atom stereocenters.